The summed E-state index contributed by atoms with van der Waals surface area (Å²) >= 11 is 1.41. The van der Waals surface area contributed by atoms with Crippen LogP contribution in [0.4, 0.5) is 0 Å². The van der Waals surface area contributed by atoms with Crippen LogP contribution in [-0.4, -0.2) is 25.6 Å². The number of hydrogen-bond acceptors (Lipinski definition) is 5. The number of amidine groups is 1. The van der Waals surface area contributed by atoms with Gasteiger partial charge in [0.15, 0.2) is 5.16 Å². The summed E-state index contributed by atoms with van der Waals surface area (Å²) in [6, 6.07) is 3.69. The van der Waals surface area contributed by atoms with Crippen LogP contribution in [0.5, 0.6) is 0 Å². The number of pyridine rings is 1. The third-order valence-corrected chi connectivity index (χ3v) is 3.69. The first-order valence-corrected chi connectivity index (χ1v) is 7.07. The molecule has 0 aliphatic rings. The molecule has 0 unspecified atom stereocenters. The van der Waals surface area contributed by atoms with E-state index in [2.05, 4.69) is 15.2 Å². The molecule has 7 nitrogen and oxygen atoms in total. The second-order valence-electron chi connectivity index (χ2n) is 4.49. The van der Waals surface area contributed by atoms with Crippen LogP contribution < -0.4 is 11.4 Å². The van der Waals surface area contributed by atoms with E-state index in [4.69, 9.17) is 11.1 Å². The van der Waals surface area contributed by atoms with Crippen molar-refractivity contribution in [3.05, 3.63) is 40.1 Å². The van der Waals surface area contributed by atoms with E-state index in [0.717, 1.165) is 5.56 Å². The van der Waals surface area contributed by atoms with Gasteiger partial charge in [0.05, 0.1) is 0 Å². The normalized spacial score (nSPS) is 10.9. The number of rotatable bonds is 5. The summed E-state index contributed by atoms with van der Waals surface area (Å²) in [6.45, 7) is 3.85. The number of aromatic nitrogens is 4. The quantitative estimate of drug-likeness (QED) is 0.434. The molecule has 2 aromatic heterocycles. The maximum Gasteiger partial charge on any atom is 0.344 e. The molecule has 0 spiro atoms. The van der Waals surface area contributed by atoms with Crippen molar-refractivity contribution in [1.29, 1.82) is 5.41 Å². The van der Waals surface area contributed by atoms with E-state index in [1.807, 2.05) is 19.9 Å². The van der Waals surface area contributed by atoms with Crippen molar-refractivity contribution in [3.8, 4) is 0 Å². The Labute approximate surface area is 120 Å². The summed E-state index contributed by atoms with van der Waals surface area (Å²) in [4.78, 5) is 15.7. The summed E-state index contributed by atoms with van der Waals surface area (Å²) in [5.41, 5.74) is 6.59. The van der Waals surface area contributed by atoms with Crippen LogP contribution in [0.2, 0.25) is 0 Å². The number of nitrogens with one attached hydrogen (secondary N) is 2. The molecule has 0 aliphatic carbocycles. The number of nitrogen functional groups attached to an aromatic ring is 1. The van der Waals surface area contributed by atoms with E-state index in [1.165, 1.54) is 11.8 Å². The van der Waals surface area contributed by atoms with Gasteiger partial charge < -0.3 is 5.73 Å². The lowest BCUT2D eigenvalue weighted by Gasteiger charge is -2.09. The lowest BCUT2D eigenvalue weighted by molar-refractivity contribution is 0.534. The molecule has 4 N–H and O–H groups in total. The van der Waals surface area contributed by atoms with Crippen molar-refractivity contribution in [2.24, 2.45) is 5.73 Å². The lowest BCUT2D eigenvalue weighted by Crippen LogP contribution is -2.19. The zero-order valence-corrected chi connectivity index (χ0v) is 12.1. The summed E-state index contributed by atoms with van der Waals surface area (Å²) in [6.07, 6.45) is 1.60. The second-order valence-corrected chi connectivity index (χ2v) is 5.43. The Balaban J connectivity index is 2.22. The highest BCUT2D eigenvalue weighted by atomic mass is 32.2. The number of aromatic amines is 1. The average Bonchev–Trinajstić information content (AvgIpc) is 2.77. The van der Waals surface area contributed by atoms with Gasteiger partial charge in [0.2, 0.25) is 0 Å². The molecule has 0 saturated heterocycles. The smallest absolute Gasteiger partial charge is 0.344 e. The molecule has 2 heterocycles. The fourth-order valence-corrected chi connectivity index (χ4v) is 2.85. The van der Waals surface area contributed by atoms with E-state index in [0.29, 0.717) is 16.6 Å². The molecule has 0 amide bonds. The fraction of sp³-hybridized carbons (Fsp3) is 0.333. The van der Waals surface area contributed by atoms with Crippen molar-refractivity contribution in [2.45, 2.75) is 30.8 Å². The molecule has 0 saturated carbocycles. The summed E-state index contributed by atoms with van der Waals surface area (Å²) in [5.74, 6) is 0.476. The van der Waals surface area contributed by atoms with E-state index in [1.54, 1.807) is 16.8 Å². The molecule has 2 rings (SSSR count). The van der Waals surface area contributed by atoms with Gasteiger partial charge in [-0.2, -0.15) is 0 Å². The Bertz CT molecular complexity index is 675. The van der Waals surface area contributed by atoms with E-state index in [-0.39, 0.29) is 17.6 Å². The number of nitrogens with zero attached hydrogens (tertiary/aromatic N) is 3. The molecule has 0 radical (unpaired) electrons. The molecule has 20 heavy (non-hydrogen) atoms. The van der Waals surface area contributed by atoms with Crippen LogP contribution in [0.25, 0.3) is 0 Å². The third kappa shape index (κ3) is 2.90. The molecule has 0 aliphatic heterocycles. The zero-order valence-electron chi connectivity index (χ0n) is 11.3. The van der Waals surface area contributed by atoms with E-state index in [9.17, 15) is 4.79 Å². The van der Waals surface area contributed by atoms with Gasteiger partial charge in [0.25, 0.3) is 0 Å². The number of thioether (sulfide) groups is 1. The van der Waals surface area contributed by atoms with Gasteiger partial charge in [0.1, 0.15) is 11.5 Å². The molecular weight excluding hydrogens is 276 g/mol. The van der Waals surface area contributed by atoms with Crippen molar-refractivity contribution < 1.29 is 0 Å². The Kier molecular flexibility index (Phi) is 4.23. The standard InChI is InChI=1S/C12H16N6OS/c1-7(2)18-11(19)16-17-12(18)20-6-8-4-3-5-15-9(8)10(13)14/h3-5,7H,6H2,1-2H3,(H3,13,14)(H,16,19). The van der Waals surface area contributed by atoms with E-state index >= 15 is 0 Å². The molecule has 106 valence electrons. The number of hydrogen-bond donors (Lipinski definition) is 3. The zero-order chi connectivity index (χ0) is 14.7. The molecule has 8 heteroatoms. The largest absolute Gasteiger partial charge is 0.382 e. The predicted molar refractivity (Wildman–Crippen MR) is 78.0 cm³/mol. The first-order chi connectivity index (χ1) is 9.50. The highest BCUT2D eigenvalue weighted by Crippen LogP contribution is 2.22. The Morgan fingerprint density at radius 1 is 1.60 bits per heavy atom. The van der Waals surface area contributed by atoms with Crippen LogP contribution in [0.15, 0.2) is 28.3 Å². The molecule has 0 fully saturated rings. The predicted octanol–water partition coefficient (Wildman–Crippen LogP) is 1.12. The van der Waals surface area contributed by atoms with Crippen LogP contribution in [-0.2, 0) is 5.75 Å². The molecule has 0 atom stereocenters. The SMILES string of the molecule is CC(C)n1c(SCc2cccnc2C(=N)N)n[nH]c1=O. The van der Waals surface area contributed by atoms with Crippen molar-refractivity contribution in [3.63, 3.8) is 0 Å². The topological polar surface area (TPSA) is 113 Å². The van der Waals surface area contributed by atoms with Gasteiger partial charge in [-0.05, 0) is 25.5 Å². The van der Waals surface area contributed by atoms with Crippen molar-refractivity contribution >= 4 is 17.6 Å². The first kappa shape index (κ1) is 14.3. The Morgan fingerprint density at radius 3 is 3.00 bits per heavy atom. The minimum Gasteiger partial charge on any atom is -0.382 e. The monoisotopic (exact) mass is 292 g/mol. The van der Waals surface area contributed by atoms with Crippen molar-refractivity contribution in [2.75, 3.05) is 0 Å². The highest BCUT2D eigenvalue weighted by molar-refractivity contribution is 7.98. The van der Waals surface area contributed by atoms with Gasteiger partial charge in [-0.15, -0.1) is 5.10 Å². The van der Waals surface area contributed by atoms with Crippen LogP contribution in [0.3, 0.4) is 0 Å². The molecule has 2 aromatic rings. The van der Waals surface area contributed by atoms with Gasteiger partial charge in [-0.25, -0.2) is 9.89 Å². The average molecular weight is 292 g/mol. The summed E-state index contributed by atoms with van der Waals surface area (Å²) in [7, 11) is 0. The maximum absolute atomic E-state index is 11.6. The summed E-state index contributed by atoms with van der Waals surface area (Å²) < 4.78 is 1.59. The van der Waals surface area contributed by atoms with Gasteiger partial charge >= 0.3 is 5.69 Å². The third-order valence-electron chi connectivity index (χ3n) is 2.69. The number of H-pyrrole nitrogens is 1. The first-order valence-electron chi connectivity index (χ1n) is 6.08. The van der Waals surface area contributed by atoms with Gasteiger partial charge in [-0.3, -0.25) is 15.0 Å². The second kappa shape index (κ2) is 5.91. The van der Waals surface area contributed by atoms with Crippen molar-refractivity contribution in [1.82, 2.24) is 19.7 Å². The van der Waals surface area contributed by atoms with Gasteiger partial charge in [-0.1, -0.05) is 17.8 Å². The summed E-state index contributed by atoms with van der Waals surface area (Å²) in [5, 5.41) is 14.6. The highest BCUT2D eigenvalue weighted by Gasteiger charge is 2.13. The molecular formula is C12H16N6OS. The van der Waals surface area contributed by atoms with Crippen LogP contribution in [0, 0.1) is 5.41 Å². The van der Waals surface area contributed by atoms with E-state index < -0.39 is 0 Å². The number of nitrogens with two attached hydrogens (primary N) is 1. The Morgan fingerprint density at radius 2 is 2.35 bits per heavy atom. The molecule has 0 bridgehead atoms. The fourth-order valence-electron chi connectivity index (χ4n) is 1.79. The molecule has 0 aromatic carbocycles. The minimum atomic E-state index is -0.222. The maximum atomic E-state index is 11.6. The Hall–Kier alpha value is -2.09. The van der Waals surface area contributed by atoms with Crippen LogP contribution >= 0.6 is 11.8 Å². The lowest BCUT2D eigenvalue weighted by atomic mass is 10.2. The minimum absolute atomic E-state index is 0.0323. The van der Waals surface area contributed by atoms with Crippen LogP contribution in [0.1, 0.15) is 31.1 Å². The van der Waals surface area contributed by atoms with Gasteiger partial charge in [0, 0.05) is 18.0 Å².